The Morgan fingerprint density at radius 1 is 0.844 bits per heavy atom. The third-order valence-corrected chi connectivity index (χ3v) is 11.4. The fourth-order valence-corrected chi connectivity index (χ4v) is 7.96. The van der Waals surface area contributed by atoms with Gasteiger partial charge in [0.15, 0.2) is 17.7 Å². The van der Waals surface area contributed by atoms with Crippen LogP contribution in [0.2, 0.25) is 0 Å². The molecule has 0 spiro atoms. The molecule has 64 heavy (non-hydrogen) atoms. The number of anilines is 1. The smallest absolute Gasteiger partial charge is 0.339 e. The fourth-order valence-electron chi connectivity index (χ4n) is 7.96. The second-order valence-electron chi connectivity index (χ2n) is 17.6. The third kappa shape index (κ3) is 11.5. The molecule has 1 fully saturated rings. The fraction of sp³-hybridized carbons (Fsp3) is 0.385. The number of nitrogens with zero attached hydrogens (tertiary/aromatic N) is 3. The minimum absolute atomic E-state index is 0.0555. The minimum Gasteiger partial charge on any atom is -0.488 e. The van der Waals surface area contributed by atoms with Gasteiger partial charge in [0.25, 0.3) is 0 Å². The molecule has 1 aliphatic rings. The van der Waals surface area contributed by atoms with Crippen LogP contribution in [0.4, 0.5) is 14.6 Å². The van der Waals surface area contributed by atoms with E-state index in [1.807, 2.05) is 136 Å². The molecule has 3 heterocycles. The number of esters is 1. The van der Waals surface area contributed by atoms with Crippen molar-refractivity contribution < 1.29 is 42.0 Å². The van der Waals surface area contributed by atoms with Gasteiger partial charge in [-0.3, -0.25) is 4.40 Å². The van der Waals surface area contributed by atoms with E-state index in [-0.39, 0.29) is 18.5 Å². The number of aryl methyl sites for hydroxylation is 1. The Morgan fingerprint density at radius 3 is 2.17 bits per heavy atom. The van der Waals surface area contributed by atoms with Crippen molar-refractivity contribution in [2.45, 2.75) is 91.0 Å². The number of piperidine rings is 1. The van der Waals surface area contributed by atoms with Gasteiger partial charge in [-0.15, -0.1) is 0 Å². The van der Waals surface area contributed by atoms with E-state index in [0.29, 0.717) is 80.4 Å². The molecule has 2 aromatic heterocycles. The number of carbonyl (C=O) groups is 1. The molecule has 0 N–H and O–H groups in total. The Hall–Kier alpha value is -5.66. The van der Waals surface area contributed by atoms with Crippen LogP contribution in [0.3, 0.4) is 0 Å². The third-order valence-electron chi connectivity index (χ3n) is 11.4. The van der Waals surface area contributed by atoms with Crippen LogP contribution in [0.15, 0.2) is 109 Å². The summed E-state index contributed by atoms with van der Waals surface area (Å²) in [5.41, 5.74) is 5.55. The predicted molar refractivity (Wildman–Crippen MR) is 244 cm³/mol. The molecule has 12 heteroatoms. The molecule has 1 aliphatic heterocycles. The van der Waals surface area contributed by atoms with Gasteiger partial charge in [0.05, 0.1) is 56.5 Å². The van der Waals surface area contributed by atoms with Crippen LogP contribution in [-0.4, -0.2) is 72.7 Å². The van der Waals surface area contributed by atoms with E-state index in [0.717, 1.165) is 34.1 Å². The normalized spacial score (nSPS) is 15.0. The molecule has 4 aromatic carbocycles. The standard InChI is InChI=1S/C52H59F2N3O7/c1-35-27-46-55-44(40-20-14-19-39(28-40)41-29-42(53)43(54)30-45(41)62-34-38-17-12-9-13-18-38)31-57(46)49(47(35)48(50(58)59-7)64-51(3,4)5)56-23-21-52(6,22-24-56)63-26-25-60-32-36(2)61-33-37-15-10-8-11-16-37/h8-20,27-31,36,48H,21-26,32-34H2,1-7H3. The highest BCUT2D eigenvalue weighted by molar-refractivity contribution is 5.82. The Labute approximate surface area is 375 Å². The number of carbonyl (C=O) groups excluding carboxylic acids is 1. The number of halogens is 2. The maximum absolute atomic E-state index is 14.8. The van der Waals surface area contributed by atoms with Crippen LogP contribution in [0, 0.1) is 18.6 Å². The van der Waals surface area contributed by atoms with Gasteiger partial charge in [0.1, 0.15) is 23.8 Å². The van der Waals surface area contributed by atoms with E-state index in [4.69, 9.17) is 33.4 Å². The summed E-state index contributed by atoms with van der Waals surface area (Å²) in [6.45, 7) is 15.2. The largest absolute Gasteiger partial charge is 0.488 e. The SMILES string of the molecule is COC(=O)C(OC(C)(C)C)c1c(C)cc2nc(-c3cccc(-c4cc(F)c(F)cc4OCc4ccccc4)c3)cn2c1N1CCC(C)(OCCOCC(C)OCc2ccccc2)CC1. The van der Waals surface area contributed by atoms with Crippen LogP contribution in [0.1, 0.15) is 75.8 Å². The Morgan fingerprint density at radius 2 is 1.50 bits per heavy atom. The van der Waals surface area contributed by atoms with Crippen molar-refractivity contribution in [3.63, 3.8) is 0 Å². The molecule has 0 bridgehead atoms. The van der Waals surface area contributed by atoms with E-state index >= 15 is 0 Å². The van der Waals surface area contributed by atoms with Crippen LogP contribution in [-0.2, 0) is 41.7 Å². The van der Waals surface area contributed by atoms with Crippen molar-refractivity contribution in [3.05, 3.63) is 143 Å². The average Bonchev–Trinajstić information content (AvgIpc) is 3.71. The number of imidazole rings is 1. The van der Waals surface area contributed by atoms with Crippen molar-refractivity contribution in [3.8, 4) is 28.1 Å². The number of pyridine rings is 1. The number of fused-ring (bicyclic) bond motifs is 1. The summed E-state index contributed by atoms with van der Waals surface area (Å²) < 4.78 is 67.8. The molecule has 6 aromatic rings. The number of hydrogen-bond donors (Lipinski definition) is 0. The molecule has 0 aliphatic carbocycles. The molecule has 2 atom stereocenters. The van der Waals surface area contributed by atoms with E-state index in [1.54, 1.807) is 0 Å². The zero-order valence-electron chi connectivity index (χ0n) is 37.9. The van der Waals surface area contributed by atoms with Crippen LogP contribution >= 0.6 is 0 Å². The lowest BCUT2D eigenvalue weighted by Crippen LogP contribution is -2.46. The van der Waals surface area contributed by atoms with Gasteiger partial charge in [-0.1, -0.05) is 78.9 Å². The number of ether oxygens (including phenoxy) is 6. The summed E-state index contributed by atoms with van der Waals surface area (Å²) in [5, 5.41) is 0. The lowest BCUT2D eigenvalue weighted by molar-refractivity contribution is -0.164. The Bertz CT molecular complexity index is 2500. The predicted octanol–water partition coefficient (Wildman–Crippen LogP) is 10.9. The highest BCUT2D eigenvalue weighted by Gasteiger charge is 2.37. The molecule has 1 saturated heterocycles. The number of methoxy groups -OCH3 is 1. The number of hydrogen-bond acceptors (Lipinski definition) is 9. The summed E-state index contributed by atoms with van der Waals surface area (Å²) in [5.74, 6) is -1.48. The minimum atomic E-state index is -1.03. The summed E-state index contributed by atoms with van der Waals surface area (Å²) in [4.78, 5) is 21.0. The monoisotopic (exact) mass is 875 g/mol. The summed E-state index contributed by atoms with van der Waals surface area (Å²) in [6.07, 6.45) is 2.30. The molecule has 7 rings (SSSR count). The lowest BCUT2D eigenvalue weighted by atomic mass is 9.92. The van der Waals surface area contributed by atoms with E-state index in [2.05, 4.69) is 11.8 Å². The van der Waals surface area contributed by atoms with Crippen LogP contribution in [0.25, 0.3) is 28.0 Å². The van der Waals surface area contributed by atoms with Crippen molar-refractivity contribution in [1.82, 2.24) is 9.38 Å². The van der Waals surface area contributed by atoms with Gasteiger partial charge in [0, 0.05) is 42.0 Å². The van der Waals surface area contributed by atoms with Crippen LogP contribution < -0.4 is 9.64 Å². The highest BCUT2D eigenvalue weighted by atomic mass is 19.2. The first-order valence-corrected chi connectivity index (χ1v) is 21.9. The summed E-state index contributed by atoms with van der Waals surface area (Å²) in [6, 6.07) is 31.3. The van der Waals surface area contributed by atoms with Crippen molar-refractivity contribution >= 4 is 17.4 Å². The number of rotatable bonds is 18. The lowest BCUT2D eigenvalue weighted by Gasteiger charge is -2.41. The number of benzene rings is 4. The van der Waals surface area contributed by atoms with Gasteiger partial charge >= 0.3 is 5.97 Å². The average molecular weight is 876 g/mol. The topological polar surface area (TPSA) is 93.0 Å². The second-order valence-corrected chi connectivity index (χ2v) is 17.6. The Kier molecular flexibility index (Phi) is 14.8. The Balaban J connectivity index is 1.14. The first-order valence-electron chi connectivity index (χ1n) is 21.9. The van der Waals surface area contributed by atoms with Crippen molar-refractivity contribution in [2.75, 3.05) is 44.9 Å². The molecule has 2 unspecified atom stereocenters. The second kappa shape index (κ2) is 20.5. The maximum atomic E-state index is 14.8. The molecule has 0 saturated carbocycles. The molecular weight excluding hydrogens is 817 g/mol. The van der Waals surface area contributed by atoms with Gasteiger partial charge in [-0.05, 0) is 94.8 Å². The maximum Gasteiger partial charge on any atom is 0.339 e. The number of aromatic nitrogens is 2. The summed E-state index contributed by atoms with van der Waals surface area (Å²) in [7, 11) is 1.37. The molecule has 338 valence electrons. The zero-order chi connectivity index (χ0) is 45.4. The molecule has 0 radical (unpaired) electrons. The van der Waals surface area contributed by atoms with Crippen LogP contribution in [0.5, 0.6) is 5.75 Å². The quantitative estimate of drug-likeness (QED) is 0.0618. The van der Waals surface area contributed by atoms with Gasteiger partial charge in [-0.2, -0.15) is 0 Å². The molecular formula is C52H59F2N3O7. The zero-order valence-corrected chi connectivity index (χ0v) is 37.9. The van der Waals surface area contributed by atoms with E-state index in [1.165, 1.54) is 13.2 Å². The molecule has 10 nitrogen and oxygen atoms in total. The van der Waals surface area contributed by atoms with Gasteiger partial charge < -0.3 is 33.3 Å². The van der Waals surface area contributed by atoms with Gasteiger partial charge in [-0.25, -0.2) is 18.6 Å². The van der Waals surface area contributed by atoms with E-state index in [9.17, 15) is 13.6 Å². The molecule has 0 amide bonds. The van der Waals surface area contributed by atoms with Crippen molar-refractivity contribution in [2.24, 2.45) is 0 Å². The summed E-state index contributed by atoms with van der Waals surface area (Å²) >= 11 is 0. The van der Waals surface area contributed by atoms with E-state index < -0.39 is 34.9 Å². The first kappa shape index (κ1) is 46.3. The van der Waals surface area contributed by atoms with Gasteiger partial charge in [0.2, 0.25) is 0 Å². The highest BCUT2D eigenvalue weighted by Crippen LogP contribution is 2.41. The van der Waals surface area contributed by atoms with Crippen molar-refractivity contribution in [1.29, 1.82) is 0 Å². The first-order chi connectivity index (χ1) is 30.7.